The van der Waals surface area contributed by atoms with E-state index in [1.165, 1.54) is 6.42 Å². The van der Waals surface area contributed by atoms with Crippen molar-refractivity contribution in [3.8, 4) is 0 Å². The van der Waals surface area contributed by atoms with Gasteiger partial charge in [-0.3, -0.25) is 9.89 Å². The van der Waals surface area contributed by atoms with E-state index < -0.39 is 0 Å². The lowest BCUT2D eigenvalue weighted by molar-refractivity contribution is 0.102. The molecule has 0 bridgehead atoms. The number of hydrogen-bond donors (Lipinski definition) is 4. The van der Waals surface area contributed by atoms with E-state index in [9.17, 15) is 4.79 Å². The van der Waals surface area contributed by atoms with Gasteiger partial charge >= 0.3 is 0 Å². The molecule has 0 atom stereocenters. The number of fused-ring (bicyclic) bond motifs is 1. The standard InChI is InChI=1S/C24H30N8O/c1-16-27-20-6-4-2-3-5-19(20)23(28-16)30-21-15-26-31-22(21)24(33)29-17-7-9-18(10-8-17)32-13-11-25-12-14-32/h7-10,15,25H,2-6,11-14H2,1H3,(H,26,31)(H,29,33)(H,27,28,30). The number of hydrogen-bond acceptors (Lipinski definition) is 7. The van der Waals surface area contributed by atoms with Gasteiger partial charge in [0.05, 0.1) is 5.69 Å². The van der Waals surface area contributed by atoms with Gasteiger partial charge in [-0.15, -0.1) is 0 Å². The van der Waals surface area contributed by atoms with Crippen LogP contribution in [0.15, 0.2) is 30.5 Å². The second-order valence-electron chi connectivity index (χ2n) is 8.62. The van der Waals surface area contributed by atoms with Crippen LogP contribution in [0.4, 0.5) is 22.9 Å². The first kappa shape index (κ1) is 21.4. The van der Waals surface area contributed by atoms with Gasteiger partial charge in [-0.05, 0) is 56.9 Å². The highest BCUT2D eigenvalue weighted by Gasteiger charge is 2.20. The van der Waals surface area contributed by atoms with Crippen LogP contribution in [0.5, 0.6) is 0 Å². The largest absolute Gasteiger partial charge is 0.369 e. The molecule has 0 radical (unpaired) electrons. The van der Waals surface area contributed by atoms with Crippen molar-refractivity contribution in [2.45, 2.75) is 39.0 Å². The Morgan fingerprint density at radius 1 is 1.03 bits per heavy atom. The molecule has 2 aliphatic rings. The Morgan fingerprint density at radius 3 is 2.64 bits per heavy atom. The van der Waals surface area contributed by atoms with Crippen molar-refractivity contribution in [3.63, 3.8) is 0 Å². The minimum absolute atomic E-state index is 0.273. The number of aryl methyl sites for hydroxylation is 2. The van der Waals surface area contributed by atoms with E-state index in [-0.39, 0.29) is 5.91 Å². The van der Waals surface area contributed by atoms with Crippen LogP contribution in [0.1, 0.15) is 46.8 Å². The van der Waals surface area contributed by atoms with Crippen LogP contribution >= 0.6 is 0 Å². The van der Waals surface area contributed by atoms with Gasteiger partial charge < -0.3 is 20.9 Å². The van der Waals surface area contributed by atoms with E-state index in [0.29, 0.717) is 11.4 Å². The molecule has 1 fully saturated rings. The van der Waals surface area contributed by atoms with Crippen LogP contribution in [0.3, 0.4) is 0 Å². The van der Waals surface area contributed by atoms with Gasteiger partial charge in [-0.1, -0.05) is 6.42 Å². The van der Waals surface area contributed by atoms with Crippen LogP contribution in [0.25, 0.3) is 0 Å². The minimum atomic E-state index is -0.273. The van der Waals surface area contributed by atoms with Gasteiger partial charge in [-0.2, -0.15) is 5.10 Å². The summed E-state index contributed by atoms with van der Waals surface area (Å²) >= 11 is 0. The van der Waals surface area contributed by atoms with E-state index in [2.05, 4.69) is 41.0 Å². The molecule has 1 amide bonds. The topological polar surface area (TPSA) is 111 Å². The molecule has 0 spiro atoms. The minimum Gasteiger partial charge on any atom is -0.369 e. The molecule has 9 heteroatoms. The fraction of sp³-hybridized carbons (Fsp3) is 0.417. The predicted octanol–water partition coefficient (Wildman–Crippen LogP) is 3.18. The first-order valence-electron chi connectivity index (χ1n) is 11.7. The summed E-state index contributed by atoms with van der Waals surface area (Å²) in [5.74, 6) is 1.23. The molecule has 5 rings (SSSR count). The van der Waals surface area contributed by atoms with Gasteiger partial charge in [0, 0.05) is 55.0 Å². The quantitative estimate of drug-likeness (QED) is 0.446. The number of nitrogens with zero attached hydrogens (tertiary/aromatic N) is 4. The van der Waals surface area contributed by atoms with Gasteiger partial charge in [0.1, 0.15) is 11.6 Å². The Balaban J connectivity index is 1.31. The van der Waals surface area contributed by atoms with E-state index in [0.717, 1.165) is 86.1 Å². The molecule has 4 N–H and O–H groups in total. The monoisotopic (exact) mass is 446 g/mol. The summed E-state index contributed by atoms with van der Waals surface area (Å²) in [4.78, 5) is 24.6. The Hall–Kier alpha value is -3.46. The van der Waals surface area contributed by atoms with Crippen molar-refractivity contribution in [1.29, 1.82) is 0 Å². The number of anilines is 4. The molecule has 172 valence electrons. The summed E-state index contributed by atoms with van der Waals surface area (Å²) in [7, 11) is 0. The van der Waals surface area contributed by atoms with Crippen molar-refractivity contribution in [1.82, 2.24) is 25.5 Å². The van der Waals surface area contributed by atoms with E-state index in [4.69, 9.17) is 0 Å². The third-order valence-corrected chi connectivity index (χ3v) is 6.26. The second-order valence-corrected chi connectivity index (χ2v) is 8.62. The zero-order chi connectivity index (χ0) is 22.6. The molecule has 1 aliphatic heterocycles. The number of amides is 1. The fourth-order valence-electron chi connectivity index (χ4n) is 4.55. The van der Waals surface area contributed by atoms with Crippen LogP contribution in [-0.4, -0.2) is 52.3 Å². The van der Waals surface area contributed by atoms with Crippen LogP contribution in [-0.2, 0) is 12.8 Å². The summed E-state index contributed by atoms with van der Waals surface area (Å²) in [6.45, 7) is 5.86. The molecular formula is C24H30N8O. The average molecular weight is 447 g/mol. The average Bonchev–Trinajstić information content (AvgIpc) is 3.16. The van der Waals surface area contributed by atoms with E-state index >= 15 is 0 Å². The third kappa shape index (κ3) is 4.83. The highest BCUT2D eigenvalue weighted by atomic mass is 16.2. The smallest absolute Gasteiger partial charge is 0.278 e. The summed E-state index contributed by atoms with van der Waals surface area (Å²) in [5.41, 5.74) is 5.07. The molecule has 1 aliphatic carbocycles. The Bertz CT molecular complexity index is 1120. The van der Waals surface area contributed by atoms with Gasteiger partial charge in [0.25, 0.3) is 5.91 Å². The lowest BCUT2D eigenvalue weighted by atomic mass is 10.1. The Labute approximate surface area is 193 Å². The third-order valence-electron chi connectivity index (χ3n) is 6.26. The number of aromatic nitrogens is 4. The maximum absolute atomic E-state index is 13.0. The van der Waals surface area contributed by atoms with Crippen LogP contribution in [0, 0.1) is 6.92 Å². The number of benzene rings is 1. The number of carbonyl (C=O) groups is 1. The zero-order valence-corrected chi connectivity index (χ0v) is 18.9. The van der Waals surface area contributed by atoms with Crippen molar-refractivity contribution in [3.05, 3.63) is 53.2 Å². The molecule has 3 heterocycles. The van der Waals surface area contributed by atoms with Crippen LogP contribution < -0.4 is 20.9 Å². The molecule has 9 nitrogen and oxygen atoms in total. The molecule has 2 aromatic heterocycles. The molecule has 0 saturated carbocycles. The number of rotatable bonds is 5. The number of carbonyl (C=O) groups excluding carboxylic acids is 1. The number of H-pyrrole nitrogens is 1. The molecule has 3 aromatic rings. The predicted molar refractivity (Wildman–Crippen MR) is 129 cm³/mol. The number of piperazine rings is 1. The van der Waals surface area contributed by atoms with Crippen molar-refractivity contribution in [2.24, 2.45) is 0 Å². The molecule has 0 unspecified atom stereocenters. The van der Waals surface area contributed by atoms with Gasteiger partial charge in [0.15, 0.2) is 5.69 Å². The van der Waals surface area contributed by atoms with Gasteiger partial charge in [0.2, 0.25) is 0 Å². The van der Waals surface area contributed by atoms with E-state index in [1.54, 1.807) is 6.20 Å². The lowest BCUT2D eigenvalue weighted by Gasteiger charge is -2.29. The first-order valence-corrected chi connectivity index (χ1v) is 11.7. The Morgan fingerprint density at radius 2 is 1.82 bits per heavy atom. The molecule has 1 aromatic carbocycles. The fourth-order valence-corrected chi connectivity index (χ4v) is 4.55. The molecule has 1 saturated heterocycles. The molecular weight excluding hydrogens is 416 g/mol. The normalized spacial score (nSPS) is 16.1. The van der Waals surface area contributed by atoms with E-state index in [1.807, 2.05) is 31.2 Å². The van der Waals surface area contributed by atoms with Gasteiger partial charge in [-0.25, -0.2) is 9.97 Å². The summed E-state index contributed by atoms with van der Waals surface area (Å²) in [6.07, 6.45) is 7.07. The van der Waals surface area contributed by atoms with Crippen LogP contribution in [0.2, 0.25) is 0 Å². The summed E-state index contributed by atoms with van der Waals surface area (Å²) < 4.78 is 0. The maximum atomic E-state index is 13.0. The summed E-state index contributed by atoms with van der Waals surface area (Å²) in [5, 5.41) is 16.7. The highest BCUT2D eigenvalue weighted by molar-refractivity contribution is 6.06. The zero-order valence-electron chi connectivity index (χ0n) is 18.9. The Kier molecular flexibility index (Phi) is 6.21. The lowest BCUT2D eigenvalue weighted by Crippen LogP contribution is -2.43. The summed E-state index contributed by atoms with van der Waals surface area (Å²) in [6, 6.07) is 7.96. The van der Waals surface area contributed by atoms with Crippen molar-refractivity contribution < 1.29 is 4.79 Å². The number of nitrogens with one attached hydrogen (secondary N) is 4. The highest BCUT2D eigenvalue weighted by Crippen LogP contribution is 2.28. The molecule has 33 heavy (non-hydrogen) atoms. The first-order chi connectivity index (χ1) is 16.2. The van der Waals surface area contributed by atoms with Crippen molar-refractivity contribution in [2.75, 3.05) is 41.7 Å². The SMILES string of the molecule is Cc1nc2c(c(Nc3c[nH]nc3C(=O)Nc3ccc(N4CCNCC4)cc3)n1)CCCCC2. The second kappa shape index (κ2) is 9.58. The maximum Gasteiger partial charge on any atom is 0.278 e. The number of aromatic amines is 1. The van der Waals surface area contributed by atoms with Crippen molar-refractivity contribution >= 4 is 28.8 Å².